The molecule has 1 aliphatic carbocycles. The smallest absolute Gasteiger partial charge is 0.261 e. The van der Waals surface area contributed by atoms with Crippen molar-refractivity contribution in [2.45, 2.75) is 51.0 Å². The zero-order valence-corrected chi connectivity index (χ0v) is 17.8. The molecule has 0 unspecified atom stereocenters. The number of hydrogen-bond acceptors (Lipinski definition) is 4. The summed E-state index contributed by atoms with van der Waals surface area (Å²) in [7, 11) is 0. The summed E-state index contributed by atoms with van der Waals surface area (Å²) >= 11 is 0. The fraction of sp³-hybridized carbons (Fsp3) is 0.360. The van der Waals surface area contributed by atoms with E-state index >= 15 is 0 Å². The second-order valence-corrected chi connectivity index (χ2v) is 8.69. The van der Waals surface area contributed by atoms with E-state index in [2.05, 4.69) is 5.32 Å². The molecule has 1 saturated carbocycles. The van der Waals surface area contributed by atoms with Crippen LogP contribution in [-0.4, -0.2) is 41.1 Å². The van der Waals surface area contributed by atoms with Crippen molar-refractivity contribution in [1.29, 1.82) is 0 Å². The molecular formula is C25H25N3O4. The molecule has 2 heterocycles. The highest BCUT2D eigenvalue weighted by Gasteiger charge is 2.40. The van der Waals surface area contributed by atoms with Crippen LogP contribution in [0.15, 0.2) is 42.5 Å². The summed E-state index contributed by atoms with van der Waals surface area (Å²) in [5.41, 5.74) is 2.30. The number of carbonyl (C=O) groups excluding carboxylic acids is 4. The third-order valence-electron chi connectivity index (χ3n) is 6.61. The minimum Gasteiger partial charge on any atom is -0.322 e. The molecule has 2 fully saturated rings. The number of hydrogen-bond donors (Lipinski definition) is 1. The fourth-order valence-corrected chi connectivity index (χ4v) is 4.95. The molecule has 0 aromatic heterocycles. The van der Waals surface area contributed by atoms with Gasteiger partial charge in [-0.2, -0.15) is 0 Å². The van der Waals surface area contributed by atoms with E-state index in [-0.39, 0.29) is 29.7 Å². The molecule has 0 radical (unpaired) electrons. The van der Waals surface area contributed by atoms with Crippen LogP contribution in [0, 0.1) is 0 Å². The zero-order chi connectivity index (χ0) is 22.2. The molecule has 2 aromatic carbocycles. The molecule has 0 bridgehead atoms. The second-order valence-electron chi connectivity index (χ2n) is 8.69. The maximum absolute atomic E-state index is 13.0. The van der Waals surface area contributed by atoms with Gasteiger partial charge in [-0.25, -0.2) is 0 Å². The maximum Gasteiger partial charge on any atom is 0.261 e. The number of imide groups is 1. The van der Waals surface area contributed by atoms with Crippen LogP contribution >= 0.6 is 0 Å². The van der Waals surface area contributed by atoms with Crippen LogP contribution in [0.3, 0.4) is 0 Å². The average molecular weight is 431 g/mol. The predicted octanol–water partition coefficient (Wildman–Crippen LogP) is 3.99. The van der Waals surface area contributed by atoms with Gasteiger partial charge in [0.25, 0.3) is 17.7 Å². The number of anilines is 2. The Morgan fingerprint density at radius 3 is 2.41 bits per heavy atom. The lowest BCUT2D eigenvalue weighted by atomic mass is 9.94. The Labute approximate surface area is 186 Å². The summed E-state index contributed by atoms with van der Waals surface area (Å²) in [4.78, 5) is 53.8. The molecule has 5 rings (SSSR count). The lowest BCUT2D eigenvalue weighted by molar-refractivity contribution is -0.117. The fourth-order valence-electron chi connectivity index (χ4n) is 4.95. The average Bonchev–Trinajstić information content (AvgIpc) is 3.35. The number of carbonyl (C=O) groups is 4. The maximum atomic E-state index is 13.0. The molecule has 7 nitrogen and oxygen atoms in total. The number of fused-ring (bicyclic) bond motifs is 1. The number of amides is 4. The van der Waals surface area contributed by atoms with Gasteiger partial charge in [0.1, 0.15) is 0 Å². The third kappa shape index (κ3) is 3.57. The highest BCUT2D eigenvalue weighted by atomic mass is 16.2. The summed E-state index contributed by atoms with van der Waals surface area (Å²) in [6.45, 7) is 0.675. The Balaban J connectivity index is 1.35. The Morgan fingerprint density at radius 1 is 0.875 bits per heavy atom. The first-order valence-corrected chi connectivity index (χ1v) is 11.3. The first-order chi connectivity index (χ1) is 15.5. The van der Waals surface area contributed by atoms with E-state index in [4.69, 9.17) is 0 Å². The van der Waals surface area contributed by atoms with Crippen LogP contribution in [0.1, 0.15) is 76.0 Å². The summed E-state index contributed by atoms with van der Waals surface area (Å²) in [5, 5.41) is 2.84. The van der Waals surface area contributed by atoms with Crippen LogP contribution in [-0.2, 0) is 4.79 Å². The number of rotatable bonds is 4. The van der Waals surface area contributed by atoms with Crippen molar-refractivity contribution in [3.05, 3.63) is 59.2 Å². The van der Waals surface area contributed by atoms with E-state index in [1.807, 2.05) is 6.07 Å². The van der Waals surface area contributed by atoms with E-state index in [0.29, 0.717) is 35.3 Å². The minimum absolute atomic E-state index is 0.0514. The topological polar surface area (TPSA) is 86.8 Å². The van der Waals surface area contributed by atoms with E-state index in [1.165, 1.54) is 11.0 Å². The van der Waals surface area contributed by atoms with Gasteiger partial charge in [-0.1, -0.05) is 25.3 Å². The van der Waals surface area contributed by atoms with Crippen LogP contribution in [0.25, 0.3) is 0 Å². The van der Waals surface area contributed by atoms with E-state index in [9.17, 15) is 19.2 Å². The summed E-state index contributed by atoms with van der Waals surface area (Å²) < 4.78 is 0. The van der Waals surface area contributed by atoms with Crippen molar-refractivity contribution >= 4 is 35.0 Å². The lowest BCUT2D eigenvalue weighted by Gasteiger charge is -2.29. The van der Waals surface area contributed by atoms with Gasteiger partial charge in [-0.15, -0.1) is 0 Å². The van der Waals surface area contributed by atoms with Crippen LogP contribution in [0.4, 0.5) is 11.4 Å². The van der Waals surface area contributed by atoms with Gasteiger partial charge < -0.3 is 10.2 Å². The molecule has 1 N–H and O–H groups in total. The summed E-state index contributed by atoms with van der Waals surface area (Å²) in [6.07, 6.45) is 6.23. The standard InChI is InChI=1S/C25H25N3O4/c29-22-10-5-13-27(22)19-9-4-6-17(15-19)26-23(30)16-11-12-20-21(14-16)25(32)28(24(20)31)18-7-2-1-3-8-18/h4,6,9,11-12,14-15,18H,1-3,5,7-8,10,13H2,(H,26,30). The Bertz CT molecular complexity index is 1120. The summed E-state index contributed by atoms with van der Waals surface area (Å²) in [6, 6.07) is 11.8. The molecule has 2 aliphatic heterocycles. The van der Waals surface area contributed by atoms with Gasteiger partial charge in [-0.05, 0) is 55.7 Å². The SMILES string of the molecule is O=C(Nc1cccc(N2CCCC2=O)c1)c1ccc2c(c1)C(=O)N(C1CCCCC1)C2=O. The van der Waals surface area contributed by atoms with Crippen LogP contribution in [0.2, 0.25) is 0 Å². The van der Waals surface area contributed by atoms with E-state index in [0.717, 1.165) is 44.2 Å². The Morgan fingerprint density at radius 2 is 1.66 bits per heavy atom. The van der Waals surface area contributed by atoms with Crippen molar-refractivity contribution in [3.63, 3.8) is 0 Å². The normalized spacial score (nSPS) is 18.9. The molecular weight excluding hydrogens is 406 g/mol. The number of benzene rings is 2. The van der Waals surface area contributed by atoms with Crippen molar-refractivity contribution in [3.8, 4) is 0 Å². The molecule has 0 atom stereocenters. The molecule has 0 spiro atoms. The van der Waals surface area contributed by atoms with Crippen LogP contribution in [0.5, 0.6) is 0 Å². The summed E-state index contributed by atoms with van der Waals surface area (Å²) in [5.74, 6) is -0.847. The van der Waals surface area contributed by atoms with Crippen LogP contribution < -0.4 is 10.2 Å². The van der Waals surface area contributed by atoms with Gasteiger partial charge in [0.15, 0.2) is 0 Å². The minimum atomic E-state index is -0.367. The quantitative estimate of drug-likeness (QED) is 0.742. The van der Waals surface area contributed by atoms with Crippen molar-refractivity contribution in [2.75, 3.05) is 16.8 Å². The largest absolute Gasteiger partial charge is 0.322 e. The molecule has 7 heteroatoms. The molecule has 1 saturated heterocycles. The second kappa shape index (κ2) is 8.22. The van der Waals surface area contributed by atoms with E-state index < -0.39 is 0 Å². The van der Waals surface area contributed by atoms with E-state index in [1.54, 1.807) is 35.2 Å². The molecule has 32 heavy (non-hydrogen) atoms. The first kappa shape index (κ1) is 20.4. The predicted molar refractivity (Wildman–Crippen MR) is 120 cm³/mol. The lowest BCUT2D eigenvalue weighted by Crippen LogP contribution is -2.40. The van der Waals surface area contributed by atoms with Crippen molar-refractivity contribution < 1.29 is 19.2 Å². The highest BCUT2D eigenvalue weighted by molar-refractivity contribution is 6.22. The third-order valence-corrected chi connectivity index (χ3v) is 6.61. The molecule has 2 aromatic rings. The first-order valence-electron chi connectivity index (χ1n) is 11.3. The van der Waals surface area contributed by atoms with Gasteiger partial charge in [0.05, 0.1) is 11.1 Å². The molecule has 164 valence electrons. The highest BCUT2D eigenvalue weighted by Crippen LogP contribution is 2.32. The van der Waals surface area contributed by atoms with Gasteiger partial charge in [-0.3, -0.25) is 24.1 Å². The monoisotopic (exact) mass is 431 g/mol. The Hall–Kier alpha value is -3.48. The Kier molecular flexibility index (Phi) is 5.25. The van der Waals surface area contributed by atoms with Gasteiger partial charge >= 0.3 is 0 Å². The zero-order valence-electron chi connectivity index (χ0n) is 17.8. The van der Waals surface area contributed by atoms with Gasteiger partial charge in [0, 0.05) is 35.9 Å². The number of nitrogens with zero attached hydrogens (tertiary/aromatic N) is 2. The van der Waals surface area contributed by atoms with Crippen molar-refractivity contribution in [2.24, 2.45) is 0 Å². The number of nitrogens with one attached hydrogen (secondary N) is 1. The van der Waals surface area contributed by atoms with Crippen molar-refractivity contribution in [1.82, 2.24) is 4.90 Å². The van der Waals surface area contributed by atoms with Gasteiger partial charge in [0.2, 0.25) is 5.91 Å². The molecule has 4 amide bonds. The molecule has 3 aliphatic rings.